The van der Waals surface area contributed by atoms with Gasteiger partial charge >= 0.3 is 0 Å². The predicted octanol–water partition coefficient (Wildman–Crippen LogP) is 13.3. The molecule has 0 saturated heterocycles. The van der Waals surface area contributed by atoms with Gasteiger partial charge in [0, 0.05) is 50.1 Å². The molecule has 0 spiro atoms. The molecule has 248 valence electrons. The number of hydrogen-bond acceptors (Lipinski definition) is 2. The fourth-order valence-electron chi connectivity index (χ4n) is 8.26. The van der Waals surface area contributed by atoms with Gasteiger partial charge in [-0.25, -0.2) is 0 Å². The SMILES string of the molecule is CC1C(n2c3ccccc3c3ccccc32)=CC=CC1N(c1ccc(-c2ccccc2)cc1)c1ccc(-c2cccc3c2oc2ccccc23)cc1. The van der Waals surface area contributed by atoms with Gasteiger partial charge in [0.25, 0.3) is 0 Å². The molecule has 0 saturated carbocycles. The molecular weight excluding hydrogens is 633 g/mol. The molecular formula is C49H36N2O. The summed E-state index contributed by atoms with van der Waals surface area (Å²) in [6.45, 7) is 2.37. The summed E-state index contributed by atoms with van der Waals surface area (Å²) in [5.74, 6) is 0.169. The molecule has 0 aliphatic heterocycles. The zero-order valence-corrected chi connectivity index (χ0v) is 28.9. The minimum atomic E-state index is 0.0622. The third-order valence-corrected chi connectivity index (χ3v) is 10.8. The molecule has 2 atom stereocenters. The van der Waals surface area contributed by atoms with Crippen LogP contribution in [0.4, 0.5) is 11.4 Å². The maximum Gasteiger partial charge on any atom is 0.143 e. The number of nitrogens with zero attached hydrogens (tertiary/aromatic N) is 2. The lowest BCUT2D eigenvalue weighted by Crippen LogP contribution is -2.37. The van der Waals surface area contributed by atoms with Gasteiger partial charge < -0.3 is 13.9 Å². The number of aromatic nitrogens is 1. The molecule has 3 nitrogen and oxygen atoms in total. The van der Waals surface area contributed by atoms with E-state index in [0.29, 0.717) is 0 Å². The van der Waals surface area contributed by atoms with Crippen LogP contribution in [0.5, 0.6) is 0 Å². The first kappa shape index (κ1) is 30.3. The average molecular weight is 669 g/mol. The number of hydrogen-bond donors (Lipinski definition) is 0. The number of para-hydroxylation sites is 4. The first-order valence-corrected chi connectivity index (χ1v) is 18.1. The maximum atomic E-state index is 6.42. The van der Waals surface area contributed by atoms with Gasteiger partial charge in [-0.05, 0) is 65.2 Å². The lowest BCUT2D eigenvalue weighted by atomic mass is 9.90. The van der Waals surface area contributed by atoms with Crippen LogP contribution >= 0.6 is 0 Å². The Morgan fingerprint density at radius 2 is 1.06 bits per heavy atom. The molecule has 0 N–H and O–H groups in total. The molecule has 0 radical (unpaired) electrons. The Morgan fingerprint density at radius 1 is 0.500 bits per heavy atom. The van der Waals surface area contributed by atoms with Crippen LogP contribution in [0.3, 0.4) is 0 Å². The van der Waals surface area contributed by atoms with Crippen LogP contribution in [0, 0.1) is 5.92 Å². The molecule has 0 bridgehead atoms. The smallest absolute Gasteiger partial charge is 0.143 e. The van der Waals surface area contributed by atoms with Crippen LogP contribution in [-0.4, -0.2) is 10.6 Å². The molecule has 3 heteroatoms. The van der Waals surface area contributed by atoms with Crippen molar-refractivity contribution in [1.29, 1.82) is 0 Å². The van der Waals surface area contributed by atoms with Gasteiger partial charge in [-0.1, -0.05) is 146 Å². The molecule has 2 unspecified atom stereocenters. The van der Waals surface area contributed by atoms with Gasteiger partial charge in [0.2, 0.25) is 0 Å². The highest BCUT2D eigenvalue weighted by Crippen LogP contribution is 2.42. The highest BCUT2D eigenvalue weighted by atomic mass is 16.3. The van der Waals surface area contributed by atoms with Gasteiger partial charge in [-0.2, -0.15) is 0 Å². The van der Waals surface area contributed by atoms with Crippen LogP contribution in [0.25, 0.3) is 71.7 Å². The van der Waals surface area contributed by atoms with E-state index in [1.807, 2.05) is 12.1 Å². The van der Waals surface area contributed by atoms with Gasteiger partial charge in [-0.3, -0.25) is 0 Å². The summed E-state index contributed by atoms with van der Waals surface area (Å²) in [4.78, 5) is 2.50. The van der Waals surface area contributed by atoms with E-state index in [2.05, 4.69) is 192 Å². The zero-order chi connectivity index (χ0) is 34.6. The van der Waals surface area contributed by atoms with Crippen molar-refractivity contribution in [2.75, 3.05) is 4.90 Å². The summed E-state index contributed by atoms with van der Waals surface area (Å²) >= 11 is 0. The van der Waals surface area contributed by atoms with Crippen LogP contribution in [0.2, 0.25) is 0 Å². The second-order valence-corrected chi connectivity index (χ2v) is 13.7. The van der Waals surface area contributed by atoms with E-state index >= 15 is 0 Å². The highest BCUT2D eigenvalue weighted by molar-refractivity contribution is 6.11. The van der Waals surface area contributed by atoms with Crippen molar-refractivity contribution in [2.45, 2.75) is 13.0 Å². The summed E-state index contributed by atoms with van der Waals surface area (Å²) < 4.78 is 8.89. The Morgan fingerprint density at radius 3 is 1.75 bits per heavy atom. The van der Waals surface area contributed by atoms with E-state index < -0.39 is 0 Å². The maximum absolute atomic E-state index is 6.42. The molecule has 10 rings (SSSR count). The van der Waals surface area contributed by atoms with Crippen molar-refractivity contribution in [2.24, 2.45) is 5.92 Å². The van der Waals surface area contributed by atoms with Crippen molar-refractivity contribution < 1.29 is 4.42 Å². The summed E-state index contributed by atoms with van der Waals surface area (Å²) in [6.07, 6.45) is 6.90. The summed E-state index contributed by atoms with van der Waals surface area (Å²) in [7, 11) is 0. The minimum absolute atomic E-state index is 0.0622. The largest absolute Gasteiger partial charge is 0.455 e. The lowest BCUT2D eigenvalue weighted by molar-refractivity contribution is 0.607. The molecule has 0 amide bonds. The molecule has 1 aliphatic carbocycles. The van der Waals surface area contributed by atoms with Gasteiger partial charge in [0.05, 0.1) is 17.1 Å². The molecule has 2 aromatic heterocycles. The first-order chi connectivity index (χ1) is 25.7. The Balaban J connectivity index is 1.08. The summed E-state index contributed by atoms with van der Waals surface area (Å²) in [6, 6.07) is 61.0. The molecule has 52 heavy (non-hydrogen) atoms. The Kier molecular flexibility index (Phi) is 7.17. The fraction of sp³-hybridized carbons (Fsp3) is 0.0612. The van der Waals surface area contributed by atoms with Crippen molar-refractivity contribution in [3.05, 3.63) is 188 Å². The Labute approximate surface area is 303 Å². The Bertz CT molecular complexity index is 2750. The molecule has 1 aliphatic rings. The molecule has 7 aromatic carbocycles. The van der Waals surface area contributed by atoms with Gasteiger partial charge in [0.15, 0.2) is 0 Å². The zero-order valence-electron chi connectivity index (χ0n) is 28.9. The van der Waals surface area contributed by atoms with Crippen molar-refractivity contribution in [3.8, 4) is 22.3 Å². The molecule has 0 fully saturated rings. The number of furan rings is 1. The van der Waals surface area contributed by atoms with E-state index in [9.17, 15) is 0 Å². The highest BCUT2D eigenvalue weighted by Gasteiger charge is 2.31. The third kappa shape index (κ3) is 4.89. The van der Waals surface area contributed by atoms with Gasteiger partial charge in [0.1, 0.15) is 11.2 Å². The average Bonchev–Trinajstić information content (AvgIpc) is 3.76. The standard InChI is InChI=1S/C49H36N2O/c1-33-44(22-12-23-45(33)51-46-20-8-5-15-40(46)41-16-6-9-21-47(41)51)50(37-29-25-35(26-30-37)34-13-3-2-4-14-34)38-31-27-36(28-32-38)39-18-11-19-43-42-17-7-10-24-48(42)52-49(39)43/h2-33,44H,1H3. The summed E-state index contributed by atoms with van der Waals surface area (Å²) in [5.41, 5.74) is 12.5. The minimum Gasteiger partial charge on any atom is -0.455 e. The Hall–Kier alpha value is -6.58. The van der Waals surface area contributed by atoms with E-state index in [1.165, 1.54) is 38.6 Å². The second kappa shape index (κ2) is 12.3. The number of anilines is 2. The quantitative estimate of drug-likeness (QED) is 0.176. The van der Waals surface area contributed by atoms with Crippen LogP contribution < -0.4 is 4.90 Å². The topological polar surface area (TPSA) is 21.3 Å². The third-order valence-electron chi connectivity index (χ3n) is 10.8. The van der Waals surface area contributed by atoms with E-state index in [4.69, 9.17) is 4.42 Å². The van der Waals surface area contributed by atoms with Crippen LogP contribution in [0.15, 0.2) is 193 Å². The van der Waals surface area contributed by atoms with Crippen LogP contribution in [0.1, 0.15) is 6.92 Å². The van der Waals surface area contributed by atoms with Crippen molar-refractivity contribution in [1.82, 2.24) is 4.57 Å². The van der Waals surface area contributed by atoms with Crippen molar-refractivity contribution >= 4 is 60.8 Å². The van der Waals surface area contributed by atoms with E-state index in [0.717, 1.165) is 44.4 Å². The predicted molar refractivity (Wildman–Crippen MR) is 219 cm³/mol. The number of rotatable bonds is 6. The molecule has 9 aromatic rings. The normalized spacial score (nSPS) is 15.8. The van der Waals surface area contributed by atoms with Gasteiger partial charge in [-0.15, -0.1) is 0 Å². The number of fused-ring (bicyclic) bond motifs is 6. The van der Waals surface area contributed by atoms with E-state index in [1.54, 1.807) is 0 Å². The second-order valence-electron chi connectivity index (χ2n) is 13.7. The van der Waals surface area contributed by atoms with E-state index in [-0.39, 0.29) is 12.0 Å². The lowest BCUT2D eigenvalue weighted by Gasteiger charge is -2.38. The first-order valence-electron chi connectivity index (χ1n) is 18.1. The monoisotopic (exact) mass is 668 g/mol. The van der Waals surface area contributed by atoms with Crippen molar-refractivity contribution in [3.63, 3.8) is 0 Å². The van der Waals surface area contributed by atoms with Crippen LogP contribution in [-0.2, 0) is 0 Å². The number of allylic oxidation sites excluding steroid dienone is 2. The summed E-state index contributed by atoms with van der Waals surface area (Å²) in [5, 5.41) is 4.84. The number of benzene rings is 7. The fourth-order valence-corrected chi connectivity index (χ4v) is 8.26. The molecule has 2 heterocycles.